The third-order valence-corrected chi connectivity index (χ3v) is 7.67. The summed E-state index contributed by atoms with van der Waals surface area (Å²) >= 11 is 0.763. The fraction of sp³-hybridized carbons (Fsp3) is 0.360. The molecule has 33 heavy (non-hydrogen) atoms. The molecule has 0 N–H and O–H groups in total. The highest BCUT2D eigenvalue weighted by molar-refractivity contribution is 8.03. The van der Waals surface area contributed by atoms with E-state index in [-0.39, 0.29) is 17.9 Å². The molecule has 172 valence electrons. The van der Waals surface area contributed by atoms with Crippen molar-refractivity contribution in [1.82, 2.24) is 15.0 Å². The maximum Gasteiger partial charge on any atom is 0.422 e. The summed E-state index contributed by atoms with van der Waals surface area (Å²) < 4.78 is 46.8. The maximum absolute atomic E-state index is 13.8. The van der Waals surface area contributed by atoms with Crippen LogP contribution < -0.4 is 0 Å². The number of rotatable bonds is 5. The molecule has 1 unspecified atom stereocenters. The van der Waals surface area contributed by atoms with Crippen LogP contribution in [-0.2, 0) is 6.54 Å². The SMILES string of the molecule is Cc1c(CN2CCCC2)cccc1-c1noc(C2CC(c3ccccc3)=C(C(F)(F)F)S2)n1. The summed E-state index contributed by atoms with van der Waals surface area (Å²) in [6.45, 7) is 5.13. The molecule has 0 saturated carbocycles. The molecule has 3 aromatic rings. The van der Waals surface area contributed by atoms with Gasteiger partial charge in [-0.1, -0.05) is 53.7 Å². The molecular formula is C25H24F3N3OS. The van der Waals surface area contributed by atoms with Gasteiger partial charge in [0.2, 0.25) is 11.7 Å². The highest BCUT2D eigenvalue weighted by Crippen LogP contribution is 2.56. The van der Waals surface area contributed by atoms with E-state index >= 15 is 0 Å². The Bertz CT molecular complexity index is 1170. The molecule has 2 aromatic carbocycles. The Hall–Kier alpha value is -2.58. The number of hydrogen-bond donors (Lipinski definition) is 0. The number of likely N-dealkylation sites (tertiary alicyclic amines) is 1. The van der Waals surface area contributed by atoms with Gasteiger partial charge in [-0.05, 0) is 61.5 Å². The number of benzene rings is 2. The summed E-state index contributed by atoms with van der Waals surface area (Å²) in [6.07, 6.45) is -1.77. The Balaban J connectivity index is 1.40. The molecule has 0 amide bonds. The van der Waals surface area contributed by atoms with Crippen LogP contribution in [0.2, 0.25) is 0 Å². The van der Waals surface area contributed by atoms with E-state index in [9.17, 15) is 13.2 Å². The van der Waals surface area contributed by atoms with Crippen molar-refractivity contribution in [3.8, 4) is 11.4 Å². The smallest absolute Gasteiger partial charge is 0.338 e. The predicted molar refractivity (Wildman–Crippen MR) is 123 cm³/mol. The highest BCUT2D eigenvalue weighted by Gasteiger charge is 2.44. The van der Waals surface area contributed by atoms with Crippen molar-refractivity contribution in [1.29, 1.82) is 0 Å². The van der Waals surface area contributed by atoms with Crippen molar-refractivity contribution < 1.29 is 17.7 Å². The van der Waals surface area contributed by atoms with Gasteiger partial charge < -0.3 is 4.52 Å². The number of halogens is 3. The van der Waals surface area contributed by atoms with Gasteiger partial charge in [-0.15, -0.1) is 11.8 Å². The molecule has 1 atom stereocenters. The minimum absolute atomic E-state index is 0.194. The zero-order valence-electron chi connectivity index (χ0n) is 18.2. The molecule has 2 aliphatic rings. The number of thioether (sulfide) groups is 1. The van der Waals surface area contributed by atoms with E-state index in [1.807, 2.05) is 19.1 Å². The van der Waals surface area contributed by atoms with Gasteiger partial charge in [0.05, 0.1) is 10.2 Å². The lowest BCUT2D eigenvalue weighted by Crippen LogP contribution is -2.19. The van der Waals surface area contributed by atoms with Gasteiger partial charge in [-0.25, -0.2) is 0 Å². The molecule has 0 spiro atoms. The van der Waals surface area contributed by atoms with Crippen LogP contribution in [0.3, 0.4) is 0 Å². The fourth-order valence-corrected chi connectivity index (χ4v) is 5.76. The molecule has 2 aliphatic heterocycles. The van der Waals surface area contributed by atoms with Crippen LogP contribution in [0.4, 0.5) is 13.2 Å². The second-order valence-electron chi connectivity index (χ2n) is 8.51. The zero-order valence-corrected chi connectivity index (χ0v) is 19.0. The normalized spacial score (nSPS) is 19.6. The summed E-state index contributed by atoms with van der Waals surface area (Å²) in [5, 5.41) is 3.57. The lowest BCUT2D eigenvalue weighted by Gasteiger charge is -2.17. The summed E-state index contributed by atoms with van der Waals surface area (Å²) in [7, 11) is 0. The largest absolute Gasteiger partial charge is 0.422 e. The van der Waals surface area contributed by atoms with Gasteiger partial charge in [0, 0.05) is 12.1 Å². The number of allylic oxidation sites excluding steroid dienone is 2. The van der Waals surface area contributed by atoms with Crippen LogP contribution >= 0.6 is 11.8 Å². The average Bonchev–Trinajstić information content (AvgIpc) is 3.56. The fourth-order valence-electron chi connectivity index (χ4n) is 4.55. The van der Waals surface area contributed by atoms with Crippen LogP contribution in [0.15, 0.2) is 58.0 Å². The van der Waals surface area contributed by atoms with Gasteiger partial charge in [0.1, 0.15) is 0 Å². The van der Waals surface area contributed by atoms with E-state index in [2.05, 4.69) is 21.1 Å². The van der Waals surface area contributed by atoms with Gasteiger partial charge in [0.25, 0.3) is 0 Å². The minimum atomic E-state index is -4.42. The van der Waals surface area contributed by atoms with Crippen molar-refractivity contribution in [2.75, 3.05) is 13.1 Å². The van der Waals surface area contributed by atoms with E-state index in [1.165, 1.54) is 18.4 Å². The summed E-state index contributed by atoms with van der Waals surface area (Å²) in [4.78, 5) is 6.38. The van der Waals surface area contributed by atoms with Gasteiger partial charge in [-0.3, -0.25) is 4.90 Å². The summed E-state index contributed by atoms with van der Waals surface area (Å²) in [6, 6.07) is 14.7. The van der Waals surface area contributed by atoms with Crippen LogP contribution in [-0.4, -0.2) is 34.3 Å². The monoisotopic (exact) mass is 471 g/mol. The molecule has 0 bridgehead atoms. The molecule has 1 fully saturated rings. The average molecular weight is 472 g/mol. The summed E-state index contributed by atoms with van der Waals surface area (Å²) in [5.74, 6) is 0.653. The number of hydrogen-bond acceptors (Lipinski definition) is 5. The molecule has 1 saturated heterocycles. The topological polar surface area (TPSA) is 42.2 Å². The Morgan fingerprint density at radius 1 is 1.06 bits per heavy atom. The lowest BCUT2D eigenvalue weighted by atomic mass is 10.0. The molecule has 5 rings (SSSR count). The number of aromatic nitrogens is 2. The van der Waals surface area contributed by atoms with Crippen LogP contribution in [0, 0.1) is 6.92 Å². The van der Waals surface area contributed by atoms with Gasteiger partial charge >= 0.3 is 6.18 Å². The van der Waals surface area contributed by atoms with Crippen molar-refractivity contribution >= 4 is 17.3 Å². The second-order valence-corrected chi connectivity index (χ2v) is 9.72. The molecule has 1 aromatic heterocycles. The number of alkyl halides is 3. The van der Waals surface area contributed by atoms with Crippen LogP contribution in [0.25, 0.3) is 17.0 Å². The Kier molecular flexibility index (Phi) is 6.05. The third kappa shape index (κ3) is 4.59. The van der Waals surface area contributed by atoms with E-state index in [0.717, 1.165) is 42.5 Å². The first-order valence-electron chi connectivity index (χ1n) is 11.1. The van der Waals surface area contributed by atoms with Gasteiger partial charge in [-0.2, -0.15) is 18.2 Å². The van der Waals surface area contributed by atoms with Crippen molar-refractivity contribution in [2.24, 2.45) is 0 Å². The zero-order chi connectivity index (χ0) is 23.0. The molecule has 0 radical (unpaired) electrons. The molecule has 0 aliphatic carbocycles. The molecule has 3 heterocycles. The van der Waals surface area contributed by atoms with Gasteiger partial charge in [0.15, 0.2) is 0 Å². The predicted octanol–water partition coefficient (Wildman–Crippen LogP) is 6.79. The molecular weight excluding hydrogens is 447 g/mol. The van der Waals surface area contributed by atoms with E-state index in [0.29, 0.717) is 11.4 Å². The van der Waals surface area contributed by atoms with E-state index in [1.54, 1.807) is 30.3 Å². The van der Waals surface area contributed by atoms with Crippen molar-refractivity contribution in [2.45, 2.75) is 44.2 Å². The Morgan fingerprint density at radius 3 is 2.55 bits per heavy atom. The molecule has 8 heteroatoms. The quantitative estimate of drug-likeness (QED) is 0.410. The number of nitrogens with zero attached hydrogens (tertiary/aromatic N) is 3. The Morgan fingerprint density at radius 2 is 1.82 bits per heavy atom. The standard InChI is InChI=1S/C25H24F3N3OS/c1-16-18(15-31-12-5-6-13-31)10-7-11-19(16)23-29-24(32-30-23)21-14-20(17-8-3-2-4-9-17)22(33-21)25(26,27)28/h2-4,7-11,21H,5-6,12-15H2,1H3. The van der Waals surface area contributed by atoms with Crippen molar-refractivity contribution in [3.63, 3.8) is 0 Å². The lowest BCUT2D eigenvalue weighted by molar-refractivity contribution is -0.0829. The van der Waals surface area contributed by atoms with E-state index < -0.39 is 16.3 Å². The first kappa shape index (κ1) is 22.2. The minimum Gasteiger partial charge on any atom is -0.338 e. The Labute approximate surface area is 194 Å². The van der Waals surface area contributed by atoms with Crippen LogP contribution in [0.1, 0.15) is 47.1 Å². The molecule has 4 nitrogen and oxygen atoms in total. The first-order chi connectivity index (χ1) is 15.9. The van der Waals surface area contributed by atoms with Crippen molar-refractivity contribution in [3.05, 3.63) is 76.0 Å². The summed E-state index contributed by atoms with van der Waals surface area (Å²) in [5.41, 5.74) is 4.00. The highest BCUT2D eigenvalue weighted by atomic mass is 32.2. The maximum atomic E-state index is 13.8. The second kappa shape index (κ2) is 8.99. The van der Waals surface area contributed by atoms with E-state index in [4.69, 9.17) is 4.52 Å². The first-order valence-corrected chi connectivity index (χ1v) is 12.0. The van der Waals surface area contributed by atoms with Crippen LogP contribution in [0.5, 0.6) is 0 Å². The third-order valence-electron chi connectivity index (χ3n) is 6.30.